The molecule has 3 fully saturated rings. The van der Waals surface area contributed by atoms with Crippen molar-refractivity contribution >= 4 is 6.34 Å². The zero-order chi connectivity index (χ0) is 33.5. The van der Waals surface area contributed by atoms with Crippen molar-refractivity contribution in [2.24, 2.45) is 51.1 Å². The summed E-state index contributed by atoms with van der Waals surface area (Å²) in [5, 5.41) is 0. The molecular weight excluding hydrogens is 580 g/mol. The quantitative estimate of drug-likeness (QED) is 0.0514. The Morgan fingerprint density at radius 3 is 2.32 bits per heavy atom. The number of allylic oxidation sites excluding steroid dienone is 1. The molecule has 8 atom stereocenters. The second kappa shape index (κ2) is 20.1. The first-order valence-corrected chi connectivity index (χ1v) is 20.5. The molecule has 5 nitrogen and oxygen atoms in total. The Morgan fingerprint density at radius 1 is 0.851 bits per heavy atom. The minimum atomic E-state index is -0.0103. The van der Waals surface area contributed by atoms with Crippen molar-refractivity contribution in [3.05, 3.63) is 11.6 Å². The summed E-state index contributed by atoms with van der Waals surface area (Å²) in [4.78, 5) is 4.35. The molecule has 5 heteroatoms. The van der Waals surface area contributed by atoms with Crippen molar-refractivity contribution in [3.8, 4) is 0 Å². The van der Waals surface area contributed by atoms with Crippen molar-refractivity contribution in [2.75, 3.05) is 33.0 Å². The van der Waals surface area contributed by atoms with Crippen LogP contribution in [0.15, 0.2) is 16.6 Å². The second-order valence-corrected chi connectivity index (χ2v) is 17.1. The summed E-state index contributed by atoms with van der Waals surface area (Å²) in [5.74, 6) is 4.60. The summed E-state index contributed by atoms with van der Waals surface area (Å²) in [6.45, 7) is 15.9. The van der Waals surface area contributed by atoms with E-state index in [1.807, 2.05) is 0 Å². The van der Waals surface area contributed by atoms with Crippen molar-refractivity contribution in [1.82, 2.24) is 0 Å². The van der Waals surface area contributed by atoms with E-state index < -0.39 is 0 Å². The molecule has 47 heavy (non-hydrogen) atoms. The van der Waals surface area contributed by atoms with Crippen molar-refractivity contribution < 1.29 is 14.2 Å². The van der Waals surface area contributed by atoms with E-state index in [4.69, 9.17) is 19.9 Å². The minimum Gasteiger partial charge on any atom is -0.390 e. The molecule has 3 saturated carbocycles. The van der Waals surface area contributed by atoms with E-state index in [0.29, 0.717) is 30.1 Å². The Kier molecular flexibility index (Phi) is 16.6. The fourth-order valence-corrected chi connectivity index (χ4v) is 10.5. The highest BCUT2D eigenvalue weighted by Gasteiger charge is 2.58. The van der Waals surface area contributed by atoms with Crippen LogP contribution < -0.4 is 5.73 Å². The predicted molar refractivity (Wildman–Crippen MR) is 199 cm³/mol. The van der Waals surface area contributed by atoms with Crippen LogP contribution in [0.5, 0.6) is 0 Å². The lowest BCUT2D eigenvalue weighted by Crippen LogP contribution is -2.50. The van der Waals surface area contributed by atoms with Gasteiger partial charge < -0.3 is 19.9 Å². The van der Waals surface area contributed by atoms with Crippen LogP contribution in [-0.2, 0) is 14.2 Å². The maximum atomic E-state index is 6.49. The van der Waals surface area contributed by atoms with E-state index >= 15 is 0 Å². The van der Waals surface area contributed by atoms with Gasteiger partial charge >= 0.3 is 0 Å². The SMILES string of the molecule is CCCCCCCCOCC(COCCCCOC1CCC2(C)C(=CCC3C2CCC2(C)C3CC[C@@H]2CCCCC(C)C)C1)N=CN. The van der Waals surface area contributed by atoms with Gasteiger partial charge in [-0.25, -0.2) is 0 Å². The molecule has 0 aliphatic heterocycles. The number of ether oxygens (including phenoxy) is 3. The van der Waals surface area contributed by atoms with Crippen LogP contribution in [-0.4, -0.2) is 51.5 Å². The summed E-state index contributed by atoms with van der Waals surface area (Å²) >= 11 is 0. The highest BCUT2D eigenvalue weighted by atomic mass is 16.5. The highest BCUT2D eigenvalue weighted by Crippen LogP contribution is 2.66. The highest BCUT2D eigenvalue weighted by molar-refractivity contribution is 5.51. The molecule has 0 heterocycles. The first-order chi connectivity index (χ1) is 22.8. The van der Waals surface area contributed by atoms with Crippen LogP contribution in [0, 0.1) is 40.4 Å². The summed E-state index contributed by atoms with van der Waals surface area (Å²) in [6.07, 6.45) is 31.0. The maximum Gasteiger partial charge on any atom is 0.0983 e. The summed E-state index contributed by atoms with van der Waals surface area (Å²) < 4.78 is 18.3. The molecule has 4 aliphatic carbocycles. The third-order valence-electron chi connectivity index (χ3n) is 13.4. The van der Waals surface area contributed by atoms with Crippen LogP contribution in [0.25, 0.3) is 0 Å². The van der Waals surface area contributed by atoms with Crippen LogP contribution >= 0.6 is 0 Å². The van der Waals surface area contributed by atoms with Crippen LogP contribution in [0.4, 0.5) is 0 Å². The van der Waals surface area contributed by atoms with E-state index in [1.54, 1.807) is 5.57 Å². The van der Waals surface area contributed by atoms with Gasteiger partial charge in [-0.3, -0.25) is 4.99 Å². The zero-order valence-corrected chi connectivity index (χ0v) is 31.6. The minimum absolute atomic E-state index is 0.0103. The monoisotopic (exact) mass is 657 g/mol. The van der Waals surface area contributed by atoms with Gasteiger partial charge in [0.2, 0.25) is 0 Å². The second-order valence-electron chi connectivity index (χ2n) is 17.1. The molecule has 0 aromatic rings. The van der Waals surface area contributed by atoms with Gasteiger partial charge in [0.15, 0.2) is 0 Å². The topological polar surface area (TPSA) is 66.1 Å². The van der Waals surface area contributed by atoms with E-state index in [2.05, 4.69) is 45.7 Å². The standard InChI is InChI=1S/C42H76N2O3/c1-6-7-8-9-10-13-26-45-30-36(44-32-43)31-46-27-14-15-28-47-37-22-24-42(5)35(29-37)18-20-38-39-21-19-34(17-12-11-16-33(2)3)41(39,4)25-23-40(38)42/h18,32-34,36-40H,6-17,19-31H2,1-5H3,(H2,43,44)/t34-,36?,37?,38?,39?,40?,41?,42?/m0/s1. The largest absolute Gasteiger partial charge is 0.390 e. The number of aliphatic imine (C=N–C) groups is 1. The Morgan fingerprint density at radius 2 is 1.57 bits per heavy atom. The smallest absolute Gasteiger partial charge is 0.0983 e. The number of nitrogens with zero attached hydrogens (tertiary/aromatic N) is 1. The van der Waals surface area contributed by atoms with Crippen molar-refractivity contribution in [3.63, 3.8) is 0 Å². The number of rotatable bonds is 23. The molecule has 0 radical (unpaired) electrons. The van der Waals surface area contributed by atoms with Crippen LogP contribution in [0.2, 0.25) is 0 Å². The molecule has 7 unspecified atom stereocenters. The van der Waals surface area contributed by atoms with Gasteiger partial charge in [-0.1, -0.05) is 97.6 Å². The Balaban J connectivity index is 1.11. The molecule has 0 aromatic heterocycles. The lowest BCUT2D eigenvalue weighted by molar-refractivity contribution is -0.0592. The molecular formula is C42H76N2O3. The fourth-order valence-electron chi connectivity index (χ4n) is 10.5. The van der Waals surface area contributed by atoms with Gasteiger partial charge in [-0.15, -0.1) is 0 Å². The Hall–Kier alpha value is -0.910. The van der Waals surface area contributed by atoms with E-state index in [9.17, 15) is 0 Å². The fraction of sp³-hybridized carbons (Fsp3) is 0.929. The number of nitrogens with two attached hydrogens (primary N) is 1. The predicted octanol–water partition coefficient (Wildman–Crippen LogP) is 10.7. The Bertz CT molecular complexity index is 935. The molecule has 0 saturated heterocycles. The molecule has 272 valence electrons. The molecule has 0 aromatic carbocycles. The lowest BCUT2D eigenvalue weighted by Gasteiger charge is -2.58. The number of fused-ring (bicyclic) bond motifs is 5. The normalized spacial score (nSPS) is 32.7. The van der Waals surface area contributed by atoms with Gasteiger partial charge in [-0.2, -0.15) is 0 Å². The molecule has 0 amide bonds. The van der Waals surface area contributed by atoms with E-state index in [0.717, 1.165) is 75.1 Å². The summed E-state index contributed by atoms with van der Waals surface area (Å²) in [6, 6.07) is -0.0103. The first kappa shape index (κ1) is 38.9. The average molecular weight is 657 g/mol. The molecule has 0 spiro atoms. The molecule has 0 bridgehead atoms. The van der Waals surface area contributed by atoms with Gasteiger partial charge in [0.05, 0.1) is 31.7 Å². The van der Waals surface area contributed by atoms with Crippen molar-refractivity contribution in [2.45, 2.75) is 175 Å². The first-order valence-electron chi connectivity index (χ1n) is 20.5. The number of hydrogen-bond donors (Lipinski definition) is 1. The van der Waals surface area contributed by atoms with Gasteiger partial charge in [0.1, 0.15) is 0 Å². The summed E-state index contributed by atoms with van der Waals surface area (Å²) in [5.41, 5.74) is 8.34. The number of hydrogen-bond acceptors (Lipinski definition) is 4. The molecule has 2 N–H and O–H groups in total. The van der Waals surface area contributed by atoms with Crippen LogP contribution in [0.1, 0.15) is 163 Å². The summed E-state index contributed by atoms with van der Waals surface area (Å²) in [7, 11) is 0. The lowest BCUT2D eigenvalue weighted by atomic mass is 9.47. The van der Waals surface area contributed by atoms with Gasteiger partial charge in [-0.05, 0) is 117 Å². The maximum absolute atomic E-state index is 6.49. The van der Waals surface area contributed by atoms with Gasteiger partial charge in [0, 0.05) is 19.8 Å². The Labute approximate surface area is 291 Å². The third-order valence-corrected chi connectivity index (χ3v) is 13.4. The van der Waals surface area contributed by atoms with Crippen molar-refractivity contribution in [1.29, 1.82) is 0 Å². The van der Waals surface area contributed by atoms with E-state index in [-0.39, 0.29) is 6.04 Å². The van der Waals surface area contributed by atoms with Crippen LogP contribution in [0.3, 0.4) is 0 Å². The van der Waals surface area contributed by atoms with E-state index in [1.165, 1.54) is 109 Å². The van der Waals surface area contributed by atoms with Gasteiger partial charge in [0.25, 0.3) is 0 Å². The average Bonchev–Trinajstić information content (AvgIpc) is 3.39. The number of unbranched alkanes of at least 4 members (excludes halogenated alkanes) is 7. The molecule has 4 aliphatic rings. The third kappa shape index (κ3) is 11.0. The molecule has 4 rings (SSSR count). The zero-order valence-electron chi connectivity index (χ0n) is 31.6.